The molecule has 0 radical (unpaired) electrons. The Bertz CT molecular complexity index is 9110. The van der Waals surface area contributed by atoms with Crippen molar-refractivity contribution in [1.82, 2.24) is 43.2 Å². The van der Waals surface area contributed by atoms with Crippen molar-refractivity contribution in [3.8, 4) is 113 Å². The molecule has 0 aliphatic carbocycles. The zero-order valence-corrected chi connectivity index (χ0v) is 69.6. The lowest BCUT2D eigenvalue weighted by Crippen LogP contribution is -2.04. The van der Waals surface area contributed by atoms with E-state index >= 15 is 0 Å². The summed E-state index contributed by atoms with van der Waals surface area (Å²) >= 11 is 0. The van der Waals surface area contributed by atoms with Crippen LogP contribution in [0.25, 0.3) is 254 Å². The molecular formula is C119H75N9. The molecule has 0 N–H and O–H groups in total. The molecule has 0 saturated heterocycles. The predicted octanol–water partition coefficient (Wildman–Crippen LogP) is 30.7. The quantitative estimate of drug-likeness (QED) is 0.115. The molecule has 0 amide bonds. The molecule has 0 unspecified atom stereocenters. The third kappa shape index (κ3) is 11.4. The van der Waals surface area contributed by atoms with Gasteiger partial charge in [0.2, 0.25) is 0 Å². The molecule has 0 aliphatic heterocycles. The van der Waals surface area contributed by atoms with E-state index in [0.717, 1.165) is 161 Å². The second-order valence-corrected chi connectivity index (χ2v) is 33.6. The minimum Gasteiger partial charge on any atom is -0.309 e. The van der Waals surface area contributed by atoms with Gasteiger partial charge in [-0.1, -0.05) is 347 Å². The molecule has 6 heterocycles. The molecule has 9 heteroatoms. The van der Waals surface area contributed by atoms with Gasteiger partial charge in [0.15, 0.2) is 23.3 Å². The van der Waals surface area contributed by atoms with Crippen LogP contribution in [0.15, 0.2) is 425 Å². The van der Waals surface area contributed by atoms with E-state index < -0.39 is 0 Å². The van der Waals surface area contributed by atoms with Gasteiger partial charge in [0, 0.05) is 115 Å². The molecule has 9 nitrogen and oxygen atoms in total. The van der Waals surface area contributed by atoms with Gasteiger partial charge in [-0.25, -0.2) is 24.9 Å². The van der Waals surface area contributed by atoms with Crippen molar-refractivity contribution in [2.45, 2.75) is 13.3 Å². The summed E-state index contributed by atoms with van der Waals surface area (Å²) in [5.41, 5.74) is 26.7. The van der Waals surface area contributed by atoms with E-state index in [1.165, 1.54) is 75.7 Å². The van der Waals surface area contributed by atoms with Gasteiger partial charge in [0.25, 0.3) is 0 Å². The van der Waals surface area contributed by atoms with Crippen LogP contribution in [-0.2, 0) is 6.42 Å². The normalized spacial score (nSPS) is 12.0. The largest absolute Gasteiger partial charge is 0.309 e. The van der Waals surface area contributed by atoms with Gasteiger partial charge in [0.1, 0.15) is 0 Å². The van der Waals surface area contributed by atoms with Crippen molar-refractivity contribution in [2.24, 2.45) is 0 Å². The van der Waals surface area contributed by atoms with Crippen LogP contribution in [0.5, 0.6) is 0 Å². The van der Waals surface area contributed by atoms with Crippen LogP contribution in [0.4, 0.5) is 0 Å². The van der Waals surface area contributed by atoms with Crippen molar-refractivity contribution in [1.29, 1.82) is 0 Å². The Kier molecular flexibility index (Phi) is 16.5. The number of nitrogens with zero attached hydrogens (tertiary/aromatic N) is 9. The van der Waals surface area contributed by atoms with E-state index in [4.69, 9.17) is 24.9 Å². The van der Waals surface area contributed by atoms with Crippen LogP contribution >= 0.6 is 0 Å². The predicted molar refractivity (Wildman–Crippen MR) is 533 cm³/mol. The lowest BCUT2D eigenvalue weighted by molar-refractivity contribution is 1.06. The fourth-order valence-corrected chi connectivity index (χ4v) is 20.7. The molecule has 0 spiro atoms. The Morgan fingerprint density at radius 3 is 1.15 bits per heavy atom. The number of hydrogen-bond donors (Lipinski definition) is 0. The van der Waals surface area contributed by atoms with Gasteiger partial charge < -0.3 is 18.3 Å². The molecule has 0 bridgehead atoms. The maximum absolute atomic E-state index is 5.78. The molecule has 0 fully saturated rings. The molecule has 6 aromatic heterocycles. The second kappa shape index (κ2) is 29.1. The van der Waals surface area contributed by atoms with E-state index in [0.29, 0.717) is 29.7 Å². The summed E-state index contributed by atoms with van der Waals surface area (Å²) in [5, 5.41) is 20.9. The first-order chi connectivity index (χ1) is 63.4. The summed E-state index contributed by atoms with van der Waals surface area (Å²) in [6, 6.07) is 155. The fraction of sp³-hybridized carbons (Fsp3) is 0.0168. The van der Waals surface area contributed by atoms with Crippen molar-refractivity contribution < 1.29 is 0 Å². The molecule has 26 aromatic rings. The summed E-state index contributed by atoms with van der Waals surface area (Å²) in [7, 11) is 0. The average molecular weight is 1630 g/mol. The SMILES string of the molecule is CCc1c(-c2ccccc2)nc(-c2cccc(-c3ccc(-c4cccc(-n5c6ccccc6c6cc7c8ccc9ccccc9c8n(-c8ccc(-c9nc(-c%10ccccc%10)nc(-c%10cccc%11ccccc%10%11)n9)c9ccccc89)c7cc65)c4)cc3)c2)nc1-c1ccc(-n2c3cc4c(cc3c3ccc5ccccc5c32)c2ccccc2n4-c2ccccc2)c2ccccc12. The highest BCUT2D eigenvalue weighted by Gasteiger charge is 2.28. The van der Waals surface area contributed by atoms with Gasteiger partial charge in [-0.3, -0.25) is 0 Å². The monoisotopic (exact) mass is 1630 g/mol. The standard InChI is InChI=1S/C119H75N9/c1-2-85-112(78-32-6-3-7-33-78)120-117(121-113(85)95-63-65-106(91-48-20-18-46-89(91)95)127-110-71-108-100(69-102(110)96-61-59-76-30-13-16-44-87(76)114(96)127)93-50-22-24-53-104(93)125(108)83-40-10-5-11-41-83)82-39-26-37-80(67-82)73-55-57-74(58-56-73)81-38-27-42-84(68-81)126-105-54-25-23-51-94(105)101-70-103-97-62-60-77-31-14-17-45-88(77)115(97)128(111(103)72-109(101)126)107-66-64-99(90-47-19-21-49-92(90)107)119-123-116(79-34-8-4-9-35-79)122-118(124-119)98-52-28-36-75-29-12-15-43-86(75)98/h3-72H,2H2,1H3. The number of fused-ring (bicyclic) bond motifs is 19. The highest BCUT2D eigenvalue weighted by atomic mass is 15.1. The minimum absolute atomic E-state index is 0.607. The van der Waals surface area contributed by atoms with Crippen molar-refractivity contribution in [2.75, 3.05) is 0 Å². The van der Waals surface area contributed by atoms with Crippen LogP contribution in [-0.4, -0.2) is 43.2 Å². The lowest BCUT2D eigenvalue weighted by Gasteiger charge is -2.19. The summed E-state index contributed by atoms with van der Waals surface area (Å²) in [5.74, 6) is 2.51. The molecule has 128 heavy (non-hydrogen) atoms. The summed E-state index contributed by atoms with van der Waals surface area (Å²) in [6.07, 6.45) is 0.717. The topological polar surface area (TPSA) is 84.2 Å². The Morgan fingerprint density at radius 2 is 0.570 bits per heavy atom. The van der Waals surface area contributed by atoms with Gasteiger partial charge >= 0.3 is 0 Å². The molecule has 0 atom stereocenters. The fourth-order valence-electron chi connectivity index (χ4n) is 20.7. The third-order valence-electron chi connectivity index (χ3n) is 26.6. The van der Waals surface area contributed by atoms with Crippen LogP contribution in [0.2, 0.25) is 0 Å². The molecule has 0 saturated carbocycles. The van der Waals surface area contributed by atoms with Gasteiger partial charge in [-0.2, -0.15) is 0 Å². The summed E-state index contributed by atoms with van der Waals surface area (Å²) < 4.78 is 9.95. The maximum Gasteiger partial charge on any atom is 0.164 e. The first-order valence-electron chi connectivity index (χ1n) is 43.9. The first kappa shape index (κ1) is 72.6. The molecule has 596 valence electrons. The first-order valence-corrected chi connectivity index (χ1v) is 43.9. The number of benzene rings is 20. The van der Waals surface area contributed by atoms with Crippen LogP contribution in [0, 0.1) is 0 Å². The van der Waals surface area contributed by atoms with Crippen molar-refractivity contribution in [3.63, 3.8) is 0 Å². The highest BCUT2D eigenvalue weighted by molar-refractivity contribution is 6.26. The Balaban J connectivity index is 0.580. The third-order valence-corrected chi connectivity index (χ3v) is 26.6. The van der Waals surface area contributed by atoms with E-state index in [2.05, 4.69) is 432 Å². The number of aromatic nitrogens is 9. The van der Waals surface area contributed by atoms with Crippen LogP contribution in [0.1, 0.15) is 12.5 Å². The minimum atomic E-state index is 0.607. The zero-order chi connectivity index (χ0) is 84.2. The van der Waals surface area contributed by atoms with Crippen molar-refractivity contribution >= 4 is 141 Å². The van der Waals surface area contributed by atoms with Crippen LogP contribution < -0.4 is 0 Å². The Labute approximate surface area is 735 Å². The highest BCUT2D eigenvalue weighted by Crippen LogP contribution is 2.49. The lowest BCUT2D eigenvalue weighted by atomic mass is 9.93. The van der Waals surface area contributed by atoms with E-state index in [9.17, 15) is 0 Å². The molecule has 0 aliphatic rings. The zero-order valence-electron chi connectivity index (χ0n) is 69.6. The molecular weight excluding hydrogens is 1560 g/mol. The molecule has 26 rings (SSSR count). The Morgan fingerprint density at radius 1 is 0.188 bits per heavy atom. The Hall–Kier alpha value is -17.0. The number of hydrogen-bond acceptors (Lipinski definition) is 5. The molecule has 20 aromatic carbocycles. The van der Waals surface area contributed by atoms with Gasteiger partial charge in [-0.05, 0) is 146 Å². The van der Waals surface area contributed by atoms with Gasteiger partial charge in [0.05, 0.1) is 66.9 Å². The van der Waals surface area contributed by atoms with E-state index in [1.807, 2.05) is 18.2 Å². The smallest absolute Gasteiger partial charge is 0.164 e. The summed E-state index contributed by atoms with van der Waals surface area (Å²) in [4.78, 5) is 27.3. The van der Waals surface area contributed by atoms with E-state index in [1.54, 1.807) is 0 Å². The van der Waals surface area contributed by atoms with Crippen molar-refractivity contribution in [3.05, 3.63) is 430 Å². The second-order valence-electron chi connectivity index (χ2n) is 33.6. The average Bonchev–Trinajstić information content (AvgIpc) is 1.55. The van der Waals surface area contributed by atoms with E-state index in [-0.39, 0.29) is 0 Å². The maximum atomic E-state index is 5.78. The van der Waals surface area contributed by atoms with Crippen LogP contribution in [0.3, 0.4) is 0 Å². The number of rotatable bonds is 13. The van der Waals surface area contributed by atoms with Gasteiger partial charge in [-0.15, -0.1) is 0 Å². The number of para-hydroxylation sites is 3. The summed E-state index contributed by atoms with van der Waals surface area (Å²) in [6.45, 7) is 2.24.